The van der Waals surface area contributed by atoms with Crippen LogP contribution in [-0.2, 0) is 6.42 Å². The van der Waals surface area contributed by atoms with Crippen LogP contribution < -0.4 is 5.32 Å². The van der Waals surface area contributed by atoms with E-state index in [0.717, 1.165) is 42.3 Å². The highest BCUT2D eigenvalue weighted by Crippen LogP contribution is 2.19. The minimum absolute atomic E-state index is 0.663. The monoisotopic (exact) mass is 268 g/mol. The topological polar surface area (TPSA) is 50.7 Å². The minimum atomic E-state index is 0.663. The van der Waals surface area contributed by atoms with Crippen LogP contribution in [0.2, 0.25) is 0 Å². The number of piperidine rings is 1. The quantitative estimate of drug-likeness (QED) is 0.928. The molecule has 104 valence electrons. The van der Waals surface area contributed by atoms with Crippen molar-refractivity contribution in [1.29, 1.82) is 0 Å². The van der Waals surface area contributed by atoms with E-state index in [4.69, 9.17) is 4.98 Å². The zero-order valence-corrected chi connectivity index (χ0v) is 11.8. The van der Waals surface area contributed by atoms with Gasteiger partial charge in [0.1, 0.15) is 5.82 Å². The van der Waals surface area contributed by atoms with E-state index in [2.05, 4.69) is 15.3 Å². The fourth-order valence-corrected chi connectivity index (χ4v) is 2.75. The van der Waals surface area contributed by atoms with E-state index >= 15 is 0 Å². The first-order chi connectivity index (χ1) is 9.81. The number of aryl methyl sites for hydroxylation is 1. The second-order valence-corrected chi connectivity index (χ2v) is 5.46. The van der Waals surface area contributed by atoms with E-state index in [0.29, 0.717) is 5.92 Å². The summed E-state index contributed by atoms with van der Waals surface area (Å²) in [5, 5.41) is 3.45. The molecule has 0 aliphatic carbocycles. The maximum atomic E-state index is 4.73. The average Bonchev–Trinajstić information content (AvgIpc) is 2.49. The summed E-state index contributed by atoms with van der Waals surface area (Å²) in [5.74, 6) is 1.63. The van der Waals surface area contributed by atoms with E-state index in [1.54, 1.807) is 12.4 Å². The third kappa shape index (κ3) is 3.20. The summed E-state index contributed by atoms with van der Waals surface area (Å²) in [6, 6.07) is 6.03. The number of nitrogens with zero attached hydrogens (tertiary/aromatic N) is 3. The molecule has 1 atom stereocenters. The first kappa shape index (κ1) is 13.2. The number of hydrogen-bond acceptors (Lipinski definition) is 4. The van der Waals surface area contributed by atoms with Gasteiger partial charge in [-0.25, -0.2) is 9.97 Å². The molecule has 20 heavy (non-hydrogen) atoms. The van der Waals surface area contributed by atoms with Crippen LogP contribution in [-0.4, -0.2) is 28.0 Å². The molecule has 0 radical (unpaired) electrons. The molecule has 1 unspecified atom stereocenters. The van der Waals surface area contributed by atoms with Gasteiger partial charge in [0.15, 0.2) is 0 Å². The highest BCUT2D eigenvalue weighted by atomic mass is 14.9. The molecule has 1 aliphatic rings. The molecular formula is C16H20N4. The summed E-state index contributed by atoms with van der Waals surface area (Å²) in [7, 11) is 0. The van der Waals surface area contributed by atoms with Crippen molar-refractivity contribution >= 4 is 0 Å². The van der Waals surface area contributed by atoms with Crippen LogP contribution in [0, 0.1) is 12.8 Å². The lowest BCUT2D eigenvalue weighted by Crippen LogP contribution is -2.31. The lowest BCUT2D eigenvalue weighted by Gasteiger charge is -2.22. The van der Waals surface area contributed by atoms with Crippen molar-refractivity contribution in [3.63, 3.8) is 0 Å². The van der Waals surface area contributed by atoms with Crippen LogP contribution in [0.4, 0.5) is 0 Å². The van der Waals surface area contributed by atoms with Crippen molar-refractivity contribution in [2.45, 2.75) is 26.2 Å². The van der Waals surface area contributed by atoms with Crippen LogP contribution >= 0.6 is 0 Å². The molecule has 4 heteroatoms. The van der Waals surface area contributed by atoms with E-state index in [1.165, 1.54) is 12.8 Å². The third-order valence-corrected chi connectivity index (χ3v) is 3.75. The number of nitrogens with one attached hydrogen (secondary N) is 1. The van der Waals surface area contributed by atoms with Gasteiger partial charge in [-0.3, -0.25) is 4.98 Å². The molecule has 2 aromatic heterocycles. The van der Waals surface area contributed by atoms with Gasteiger partial charge in [-0.1, -0.05) is 0 Å². The summed E-state index contributed by atoms with van der Waals surface area (Å²) in [5.41, 5.74) is 3.14. The smallest absolute Gasteiger partial charge is 0.129 e. The first-order valence-electron chi connectivity index (χ1n) is 7.27. The lowest BCUT2D eigenvalue weighted by atomic mass is 9.96. The van der Waals surface area contributed by atoms with Gasteiger partial charge in [0.2, 0.25) is 0 Å². The normalized spacial score (nSPS) is 18.9. The Balaban J connectivity index is 1.83. The largest absolute Gasteiger partial charge is 0.316 e. The number of pyridine rings is 1. The highest BCUT2D eigenvalue weighted by Gasteiger charge is 2.15. The van der Waals surface area contributed by atoms with E-state index in [9.17, 15) is 0 Å². The van der Waals surface area contributed by atoms with Gasteiger partial charge in [0.05, 0.1) is 5.69 Å². The summed E-state index contributed by atoms with van der Waals surface area (Å²) >= 11 is 0. The molecule has 0 aromatic carbocycles. The molecule has 3 heterocycles. The van der Waals surface area contributed by atoms with Crippen molar-refractivity contribution in [3.05, 3.63) is 42.1 Å². The van der Waals surface area contributed by atoms with Gasteiger partial charge in [0, 0.05) is 30.1 Å². The molecule has 0 spiro atoms. The van der Waals surface area contributed by atoms with Crippen LogP contribution in [0.5, 0.6) is 0 Å². The summed E-state index contributed by atoms with van der Waals surface area (Å²) in [4.78, 5) is 13.4. The Kier molecular flexibility index (Phi) is 4.02. The van der Waals surface area contributed by atoms with Gasteiger partial charge >= 0.3 is 0 Å². The molecule has 1 N–H and O–H groups in total. The standard InChI is InChI=1S/C16H20N4/c1-12-9-15(14-4-7-17-8-5-14)20-16(19-12)10-13-3-2-6-18-11-13/h4-5,7-9,13,18H,2-3,6,10-11H2,1H3. The van der Waals surface area contributed by atoms with Crippen molar-refractivity contribution in [3.8, 4) is 11.3 Å². The second-order valence-electron chi connectivity index (χ2n) is 5.46. The average molecular weight is 268 g/mol. The second kappa shape index (κ2) is 6.09. The Morgan fingerprint density at radius 3 is 2.85 bits per heavy atom. The van der Waals surface area contributed by atoms with E-state index in [-0.39, 0.29) is 0 Å². The van der Waals surface area contributed by atoms with Gasteiger partial charge in [0.25, 0.3) is 0 Å². The Morgan fingerprint density at radius 2 is 2.10 bits per heavy atom. The van der Waals surface area contributed by atoms with Crippen molar-refractivity contribution in [2.24, 2.45) is 5.92 Å². The Morgan fingerprint density at radius 1 is 1.25 bits per heavy atom. The highest BCUT2D eigenvalue weighted by molar-refractivity contribution is 5.58. The first-order valence-corrected chi connectivity index (χ1v) is 7.27. The molecule has 1 aliphatic heterocycles. The summed E-state index contributed by atoms with van der Waals surface area (Å²) in [6.07, 6.45) is 7.10. The van der Waals surface area contributed by atoms with Crippen LogP contribution in [0.1, 0.15) is 24.4 Å². The predicted octanol–water partition coefficient (Wildman–Crippen LogP) is 2.39. The molecule has 0 saturated carbocycles. The van der Waals surface area contributed by atoms with E-state index in [1.807, 2.05) is 25.1 Å². The van der Waals surface area contributed by atoms with Gasteiger partial charge in [-0.05, 0) is 57.0 Å². The van der Waals surface area contributed by atoms with Gasteiger partial charge < -0.3 is 5.32 Å². The Hall–Kier alpha value is -1.81. The third-order valence-electron chi connectivity index (χ3n) is 3.75. The van der Waals surface area contributed by atoms with Crippen molar-refractivity contribution in [1.82, 2.24) is 20.3 Å². The number of hydrogen-bond donors (Lipinski definition) is 1. The molecule has 4 nitrogen and oxygen atoms in total. The molecule has 0 amide bonds. The zero-order chi connectivity index (χ0) is 13.8. The van der Waals surface area contributed by atoms with E-state index < -0.39 is 0 Å². The minimum Gasteiger partial charge on any atom is -0.316 e. The van der Waals surface area contributed by atoms with Crippen LogP contribution in [0.15, 0.2) is 30.6 Å². The Labute approximate surface area is 119 Å². The molecule has 1 saturated heterocycles. The summed E-state index contributed by atoms with van der Waals surface area (Å²) in [6.45, 7) is 4.27. The molecular weight excluding hydrogens is 248 g/mol. The SMILES string of the molecule is Cc1cc(-c2ccncc2)nc(CC2CCCNC2)n1. The van der Waals surface area contributed by atoms with Crippen molar-refractivity contribution < 1.29 is 0 Å². The maximum Gasteiger partial charge on any atom is 0.129 e. The molecule has 2 aromatic rings. The number of aromatic nitrogens is 3. The van der Waals surface area contributed by atoms with Crippen molar-refractivity contribution in [2.75, 3.05) is 13.1 Å². The molecule has 1 fully saturated rings. The van der Waals surface area contributed by atoms with Gasteiger partial charge in [-0.2, -0.15) is 0 Å². The zero-order valence-electron chi connectivity index (χ0n) is 11.8. The summed E-state index contributed by atoms with van der Waals surface area (Å²) < 4.78 is 0. The lowest BCUT2D eigenvalue weighted by molar-refractivity contribution is 0.370. The van der Waals surface area contributed by atoms with Crippen LogP contribution in [0.25, 0.3) is 11.3 Å². The maximum absolute atomic E-state index is 4.73. The van der Waals surface area contributed by atoms with Gasteiger partial charge in [-0.15, -0.1) is 0 Å². The fraction of sp³-hybridized carbons (Fsp3) is 0.438. The molecule has 3 rings (SSSR count). The predicted molar refractivity (Wildman–Crippen MR) is 79.3 cm³/mol. The van der Waals surface area contributed by atoms with Crippen LogP contribution in [0.3, 0.4) is 0 Å². The molecule has 0 bridgehead atoms. The Bertz CT molecular complexity index is 562. The fourth-order valence-electron chi connectivity index (χ4n) is 2.75. The number of rotatable bonds is 3.